The van der Waals surface area contributed by atoms with Crippen molar-refractivity contribution in [2.75, 3.05) is 12.3 Å². The number of halogens is 1. The zero-order valence-corrected chi connectivity index (χ0v) is 9.03. The van der Waals surface area contributed by atoms with Crippen LogP contribution >= 0.6 is 15.9 Å². The van der Waals surface area contributed by atoms with Gasteiger partial charge in [0, 0.05) is 12.6 Å². The van der Waals surface area contributed by atoms with E-state index in [-0.39, 0.29) is 6.61 Å². The Bertz CT molecular complexity index is 466. The maximum Gasteiger partial charge on any atom is 0.134 e. The van der Waals surface area contributed by atoms with Crippen LogP contribution in [0.5, 0.6) is 0 Å². The Morgan fingerprint density at radius 1 is 1.57 bits per heavy atom. The van der Waals surface area contributed by atoms with E-state index in [0.29, 0.717) is 12.1 Å². The summed E-state index contributed by atoms with van der Waals surface area (Å²) in [6.45, 7) is 0.0837. The molecule has 2 rings (SSSR count). The number of hydrogen-bond acceptors (Lipinski definition) is 3. The van der Waals surface area contributed by atoms with Gasteiger partial charge in [-0.2, -0.15) is 0 Å². The molecule has 0 saturated carbocycles. The Kier molecular flexibility index (Phi) is 2.43. The molecule has 0 bridgehead atoms. The fraction of sp³-hybridized carbons (Fsp3) is 0.222. The molecule has 5 heteroatoms. The highest BCUT2D eigenvalue weighted by molar-refractivity contribution is 9.10. The third-order valence-electron chi connectivity index (χ3n) is 2.06. The molecule has 0 aromatic carbocycles. The number of aliphatic hydroxyl groups excluding tert-OH is 1. The average Bonchev–Trinajstić information content (AvgIpc) is 2.46. The number of aliphatic hydroxyl groups is 1. The van der Waals surface area contributed by atoms with E-state index in [9.17, 15) is 0 Å². The predicted octanol–water partition coefficient (Wildman–Crippen LogP) is 1.21. The van der Waals surface area contributed by atoms with E-state index in [1.807, 2.05) is 22.7 Å². The lowest BCUT2D eigenvalue weighted by Gasteiger charge is -2.00. The van der Waals surface area contributed by atoms with Crippen LogP contribution in [0.4, 0.5) is 5.69 Å². The van der Waals surface area contributed by atoms with Gasteiger partial charge in [0.15, 0.2) is 0 Å². The van der Waals surface area contributed by atoms with Gasteiger partial charge in [-0.1, -0.05) is 0 Å². The summed E-state index contributed by atoms with van der Waals surface area (Å²) in [4.78, 5) is 4.28. The van der Waals surface area contributed by atoms with Crippen molar-refractivity contribution in [1.82, 2.24) is 9.38 Å². The zero-order chi connectivity index (χ0) is 10.1. The Morgan fingerprint density at radius 3 is 3.07 bits per heavy atom. The lowest BCUT2D eigenvalue weighted by molar-refractivity contribution is 0.296. The minimum Gasteiger partial charge on any atom is -0.397 e. The maximum absolute atomic E-state index is 8.86. The minimum absolute atomic E-state index is 0.0837. The van der Waals surface area contributed by atoms with Crippen LogP contribution in [-0.4, -0.2) is 21.1 Å². The number of anilines is 1. The van der Waals surface area contributed by atoms with Crippen molar-refractivity contribution in [2.24, 2.45) is 0 Å². The van der Waals surface area contributed by atoms with Gasteiger partial charge < -0.3 is 15.2 Å². The molecule has 0 atom stereocenters. The highest BCUT2D eigenvalue weighted by Gasteiger charge is 2.09. The van der Waals surface area contributed by atoms with E-state index in [1.165, 1.54) is 0 Å². The van der Waals surface area contributed by atoms with E-state index >= 15 is 0 Å². The number of rotatable bonds is 2. The van der Waals surface area contributed by atoms with Crippen LogP contribution < -0.4 is 5.73 Å². The van der Waals surface area contributed by atoms with Crippen molar-refractivity contribution >= 4 is 27.1 Å². The van der Waals surface area contributed by atoms with Gasteiger partial charge in [0.1, 0.15) is 15.9 Å². The molecule has 2 aromatic heterocycles. The van der Waals surface area contributed by atoms with Gasteiger partial charge in [0.2, 0.25) is 0 Å². The van der Waals surface area contributed by atoms with Gasteiger partial charge in [-0.15, -0.1) is 0 Å². The summed E-state index contributed by atoms with van der Waals surface area (Å²) in [6.07, 6.45) is 2.41. The fourth-order valence-electron chi connectivity index (χ4n) is 1.46. The van der Waals surface area contributed by atoms with Crippen LogP contribution in [0.1, 0.15) is 5.82 Å². The van der Waals surface area contributed by atoms with Crippen LogP contribution in [0.3, 0.4) is 0 Å². The third kappa shape index (κ3) is 1.38. The van der Waals surface area contributed by atoms with Gasteiger partial charge in [0.25, 0.3) is 0 Å². The van der Waals surface area contributed by atoms with Crippen LogP contribution in [0.25, 0.3) is 5.52 Å². The molecule has 0 aliphatic heterocycles. The zero-order valence-electron chi connectivity index (χ0n) is 7.44. The molecule has 3 N–H and O–H groups in total. The third-order valence-corrected chi connectivity index (χ3v) is 2.61. The summed E-state index contributed by atoms with van der Waals surface area (Å²) in [5.41, 5.74) is 7.35. The van der Waals surface area contributed by atoms with Crippen LogP contribution in [0.2, 0.25) is 0 Å². The fourth-order valence-corrected chi connectivity index (χ4v) is 2.08. The molecule has 14 heavy (non-hydrogen) atoms. The maximum atomic E-state index is 8.86. The van der Waals surface area contributed by atoms with Crippen molar-refractivity contribution in [3.63, 3.8) is 0 Å². The molecular formula is C9H10BrN3O. The first-order valence-electron chi connectivity index (χ1n) is 4.26. The number of fused-ring (bicyclic) bond motifs is 1. The van der Waals surface area contributed by atoms with Gasteiger partial charge in [-0.05, 0) is 28.1 Å². The number of nitrogen functional groups attached to an aromatic ring is 1. The van der Waals surface area contributed by atoms with E-state index < -0.39 is 0 Å². The Balaban J connectivity index is 2.71. The SMILES string of the molecule is Nc1cccn2c(CCO)nc(Br)c12. The van der Waals surface area contributed by atoms with Crippen molar-refractivity contribution in [2.45, 2.75) is 6.42 Å². The van der Waals surface area contributed by atoms with Crippen LogP contribution in [-0.2, 0) is 6.42 Å². The molecule has 74 valence electrons. The standard InChI is InChI=1S/C9H10BrN3O/c10-9-8-6(11)2-1-4-13(8)7(12-9)3-5-14/h1-2,4,14H,3,5,11H2. The molecule has 0 aliphatic rings. The highest BCUT2D eigenvalue weighted by Crippen LogP contribution is 2.24. The molecular weight excluding hydrogens is 246 g/mol. The van der Waals surface area contributed by atoms with Gasteiger partial charge in [-0.3, -0.25) is 0 Å². The Morgan fingerprint density at radius 2 is 2.36 bits per heavy atom. The molecule has 2 aromatic rings. The van der Waals surface area contributed by atoms with E-state index in [0.717, 1.165) is 15.9 Å². The van der Waals surface area contributed by atoms with Crippen LogP contribution in [0.15, 0.2) is 22.9 Å². The number of nitrogens with zero attached hydrogens (tertiary/aromatic N) is 2. The normalized spacial score (nSPS) is 11.0. The number of aromatic nitrogens is 2. The molecule has 4 nitrogen and oxygen atoms in total. The van der Waals surface area contributed by atoms with E-state index in [2.05, 4.69) is 20.9 Å². The number of nitrogens with two attached hydrogens (primary N) is 1. The summed E-state index contributed by atoms with van der Waals surface area (Å²) in [5, 5.41) is 8.86. The summed E-state index contributed by atoms with van der Waals surface area (Å²) < 4.78 is 2.61. The van der Waals surface area contributed by atoms with Gasteiger partial charge in [0.05, 0.1) is 12.3 Å². The second-order valence-electron chi connectivity index (χ2n) is 2.97. The van der Waals surface area contributed by atoms with E-state index in [4.69, 9.17) is 10.8 Å². The number of pyridine rings is 1. The Hall–Kier alpha value is -1.07. The van der Waals surface area contributed by atoms with Crippen molar-refractivity contribution in [1.29, 1.82) is 0 Å². The largest absolute Gasteiger partial charge is 0.397 e. The quantitative estimate of drug-likeness (QED) is 0.848. The minimum atomic E-state index is 0.0837. The predicted molar refractivity (Wildman–Crippen MR) is 58.1 cm³/mol. The molecule has 0 unspecified atom stereocenters. The van der Waals surface area contributed by atoms with Gasteiger partial charge in [-0.25, -0.2) is 4.98 Å². The number of imidazole rings is 1. The first kappa shape index (κ1) is 9.48. The molecule has 2 heterocycles. The van der Waals surface area contributed by atoms with Gasteiger partial charge >= 0.3 is 0 Å². The summed E-state index contributed by atoms with van der Waals surface area (Å²) in [7, 11) is 0. The average molecular weight is 256 g/mol. The highest BCUT2D eigenvalue weighted by atomic mass is 79.9. The van der Waals surface area contributed by atoms with Crippen molar-refractivity contribution in [3.8, 4) is 0 Å². The first-order chi connectivity index (χ1) is 6.74. The van der Waals surface area contributed by atoms with Crippen molar-refractivity contribution < 1.29 is 5.11 Å². The summed E-state index contributed by atoms with van der Waals surface area (Å²) in [6, 6.07) is 3.68. The lowest BCUT2D eigenvalue weighted by Crippen LogP contribution is -1.99. The molecule has 0 spiro atoms. The first-order valence-corrected chi connectivity index (χ1v) is 5.05. The molecule has 0 aliphatic carbocycles. The lowest BCUT2D eigenvalue weighted by atomic mass is 10.3. The topological polar surface area (TPSA) is 63.5 Å². The second-order valence-corrected chi connectivity index (χ2v) is 3.73. The second kappa shape index (κ2) is 3.59. The number of hydrogen-bond donors (Lipinski definition) is 2. The van der Waals surface area contributed by atoms with E-state index in [1.54, 1.807) is 0 Å². The van der Waals surface area contributed by atoms with Crippen molar-refractivity contribution in [3.05, 3.63) is 28.8 Å². The monoisotopic (exact) mass is 255 g/mol. The molecule has 0 amide bonds. The van der Waals surface area contributed by atoms with Crippen LogP contribution in [0, 0.1) is 0 Å². The summed E-state index contributed by atoms with van der Waals surface area (Å²) in [5.74, 6) is 0.807. The Labute approximate surface area is 89.5 Å². The molecule has 0 saturated heterocycles. The smallest absolute Gasteiger partial charge is 0.134 e. The summed E-state index contributed by atoms with van der Waals surface area (Å²) >= 11 is 3.34. The molecule has 0 radical (unpaired) electrons. The molecule has 0 fully saturated rings.